The van der Waals surface area contributed by atoms with Gasteiger partial charge in [-0.25, -0.2) is 0 Å². The minimum absolute atomic E-state index is 0.246. The number of likely N-dealkylation sites (tertiary alicyclic amines) is 1. The lowest BCUT2D eigenvalue weighted by Crippen LogP contribution is -2.42. The quantitative estimate of drug-likeness (QED) is 0.721. The SMILES string of the molecule is CCN(CC)CC1CCN(C(=O)CC(=O)O)CC1. The number of carboxylic acids is 1. The Balaban J connectivity index is 2.32. The van der Waals surface area contributed by atoms with Crippen molar-refractivity contribution in [1.82, 2.24) is 9.80 Å². The van der Waals surface area contributed by atoms with Crippen LogP contribution in [0.3, 0.4) is 0 Å². The van der Waals surface area contributed by atoms with Crippen LogP contribution in [0.2, 0.25) is 0 Å². The molecule has 18 heavy (non-hydrogen) atoms. The maximum Gasteiger partial charge on any atom is 0.312 e. The summed E-state index contributed by atoms with van der Waals surface area (Å²) in [6.45, 7) is 8.96. The van der Waals surface area contributed by atoms with E-state index in [1.54, 1.807) is 4.90 Å². The molecule has 5 nitrogen and oxygen atoms in total. The Morgan fingerprint density at radius 3 is 2.22 bits per heavy atom. The van der Waals surface area contributed by atoms with E-state index in [9.17, 15) is 9.59 Å². The van der Waals surface area contributed by atoms with Crippen LogP contribution in [-0.4, -0.2) is 59.5 Å². The van der Waals surface area contributed by atoms with Crippen LogP contribution in [0.15, 0.2) is 0 Å². The van der Waals surface area contributed by atoms with Crippen LogP contribution >= 0.6 is 0 Å². The number of amides is 1. The third kappa shape index (κ3) is 4.64. The molecule has 1 fully saturated rings. The molecule has 0 bridgehead atoms. The summed E-state index contributed by atoms with van der Waals surface area (Å²) in [7, 11) is 0. The smallest absolute Gasteiger partial charge is 0.312 e. The maximum absolute atomic E-state index is 11.6. The summed E-state index contributed by atoms with van der Waals surface area (Å²) < 4.78 is 0. The molecule has 1 amide bonds. The van der Waals surface area contributed by atoms with Gasteiger partial charge in [0, 0.05) is 19.6 Å². The fraction of sp³-hybridized carbons (Fsp3) is 0.846. The molecule has 104 valence electrons. The predicted octanol–water partition coefficient (Wildman–Crippen LogP) is 1.04. The number of aliphatic carboxylic acids is 1. The standard InChI is InChI=1S/C13H24N2O3/c1-3-14(4-2)10-11-5-7-15(8-6-11)12(16)9-13(17)18/h11H,3-10H2,1-2H3,(H,17,18). The highest BCUT2D eigenvalue weighted by Gasteiger charge is 2.24. The minimum Gasteiger partial charge on any atom is -0.481 e. The molecule has 0 aromatic heterocycles. The van der Waals surface area contributed by atoms with Crippen molar-refractivity contribution in [2.45, 2.75) is 33.1 Å². The summed E-state index contributed by atoms with van der Waals surface area (Å²) in [4.78, 5) is 26.2. The van der Waals surface area contributed by atoms with Crippen LogP contribution in [0.4, 0.5) is 0 Å². The average Bonchev–Trinajstić information content (AvgIpc) is 2.35. The number of carbonyl (C=O) groups is 2. The molecule has 0 atom stereocenters. The van der Waals surface area contributed by atoms with Crippen LogP contribution in [0.1, 0.15) is 33.1 Å². The van der Waals surface area contributed by atoms with E-state index in [-0.39, 0.29) is 12.3 Å². The Bertz CT molecular complexity index is 282. The highest BCUT2D eigenvalue weighted by atomic mass is 16.4. The summed E-state index contributed by atoms with van der Waals surface area (Å²) in [5.41, 5.74) is 0. The zero-order chi connectivity index (χ0) is 13.5. The normalized spacial score (nSPS) is 17.2. The molecule has 0 aliphatic carbocycles. The van der Waals surface area contributed by atoms with Crippen LogP contribution in [-0.2, 0) is 9.59 Å². The van der Waals surface area contributed by atoms with E-state index >= 15 is 0 Å². The largest absolute Gasteiger partial charge is 0.481 e. The lowest BCUT2D eigenvalue weighted by atomic mass is 9.96. The predicted molar refractivity (Wildman–Crippen MR) is 69.3 cm³/mol. The second kappa shape index (κ2) is 7.36. The molecule has 0 unspecified atom stereocenters. The molecule has 1 heterocycles. The first kappa shape index (κ1) is 15.0. The first-order chi connectivity index (χ1) is 8.56. The number of hydrogen-bond donors (Lipinski definition) is 1. The summed E-state index contributed by atoms with van der Waals surface area (Å²) in [5.74, 6) is -0.646. The Morgan fingerprint density at radius 2 is 1.78 bits per heavy atom. The van der Waals surface area contributed by atoms with Crippen LogP contribution < -0.4 is 0 Å². The van der Waals surface area contributed by atoms with Gasteiger partial charge in [0.25, 0.3) is 0 Å². The Labute approximate surface area is 109 Å². The van der Waals surface area contributed by atoms with Gasteiger partial charge >= 0.3 is 5.97 Å². The maximum atomic E-state index is 11.6. The van der Waals surface area contributed by atoms with Crippen molar-refractivity contribution in [2.75, 3.05) is 32.7 Å². The van der Waals surface area contributed by atoms with Crippen LogP contribution in [0, 0.1) is 5.92 Å². The summed E-state index contributed by atoms with van der Waals surface area (Å²) >= 11 is 0. The zero-order valence-electron chi connectivity index (χ0n) is 11.4. The Morgan fingerprint density at radius 1 is 1.22 bits per heavy atom. The molecular weight excluding hydrogens is 232 g/mol. The summed E-state index contributed by atoms with van der Waals surface area (Å²) in [6, 6.07) is 0. The molecule has 1 saturated heterocycles. The van der Waals surface area contributed by atoms with E-state index in [2.05, 4.69) is 18.7 Å². The van der Waals surface area contributed by atoms with Crippen molar-refractivity contribution in [3.8, 4) is 0 Å². The third-order valence-corrected chi connectivity index (χ3v) is 3.68. The van der Waals surface area contributed by atoms with Crippen molar-refractivity contribution in [1.29, 1.82) is 0 Å². The van der Waals surface area contributed by atoms with Gasteiger partial charge in [-0.05, 0) is 31.8 Å². The lowest BCUT2D eigenvalue weighted by Gasteiger charge is -2.34. The van der Waals surface area contributed by atoms with Gasteiger partial charge < -0.3 is 14.9 Å². The Kier molecular flexibility index (Phi) is 6.12. The van der Waals surface area contributed by atoms with Gasteiger partial charge in [-0.3, -0.25) is 9.59 Å². The van der Waals surface area contributed by atoms with Gasteiger partial charge in [-0.1, -0.05) is 13.8 Å². The second-order valence-corrected chi connectivity index (χ2v) is 4.88. The van der Waals surface area contributed by atoms with Crippen LogP contribution in [0.5, 0.6) is 0 Å². The topological polar surface area (TPSA) is 60.9 Å². The Hall–Kier alpha value is -1.10. The van der Waals surface area contributed by atoms with Gasteiger partial charge in [0.2, 0.25) is 5.91 Å². The monoisotopic (exact) mass is 256 g/mol. The number of nitrogens with zero attached hydrogens (tertiary/aromatic N) is 2. The van der Waals surface area contributed by atoms with Crippen LogP contribution in [0.25, 0.3) is 0 Å². The number of carboxylic acid groups (broad SMARTS) is 1. The fourth-order valence-corrected chi connectivity index (χ4v) is 2.45. The van der Waals surface area contributed by atoms with Crippen molar-refractivity contribution in [3.05, 3.63) is 0 Å². The highest BCUT2D eigenvalue weighted by molar-refractivity contribution is 5.93. The second-order valence-electron chi connectivity index (χ2n) is 4.88. The van der Waals surface area contributed by atoms with E-state index in [1.165, 1.54) is 0 Å². The molecule has 1 aliphatic heterocycles. The molecule has 5 heteroatoms. The van der Waals surface area contributed by atoms with Crippen molar-refractivity contribution in [2.24, 2.45) is 5.92 Å². The van der Waals surface area contributed by atoms with Gasteiger partial charge in [0.1, 0.15) is 6.42 Å². The third-order valence-electron chi connectivity index (χ3n) is 3.68. The van der Waals surface area contributed by atoms with Crippen molar-refractivity contribution in [3.63, 3.8) is 0 Å². The number of piperidine rings is 1. The first-order valence-corrected chi connectivity index (χ1v) is 6.78. The molecule has 0 aromatic carbocycles. The summed E-state index contributed by atoms with van der Waals surface area (Å²) in [6.07, 6.45) is 1.60. The molecule has 1 N–H and O–H groups in total. The van der Waals surface area contributed by atoms with E-state index < -0.39 is 5.97 Å². The molecule has 0 radical (unpaired) electrons. The lowest BCUT2D eigenvalue weighted by molar-refractivity contribution is -0.144. The minimum atomic E-state index is -1.04. The van der Waals surface area contributed by atoms with E-state index in [1.807, 2.05) is 0 Å². The molecular formula is C13H24N2O3. The average molecular weight is 256 g/mol. The summed E-state index contributed by atoms with van der Waals surface area (Å²) in [5, 5.41) is 8.60. The van der Waals surface area contributed by atoms with E-state index in [0.29, 0.717) is 19.0 Å². The fourth-order valence-electron chi connectivity index (χ4n) is 2.45. The van der Waals surface area contributed by atoms with E-state index in [4.69, 9.17) is 5.11 Å². The van der Waals surface area contributed by atoms with Gasteiger partial charge in [0.05, 0.1) is 0 Å². The van der Waals surface area contributed by atoms with E-state index in [0.717, 1.165) is 32.5 Å². The zero-order valence-corrected chi connectivity index (χ0v) is 11.4. The molecule has 0 saturated carbocycles. The van der Waals surface area contributed by atoms with Gasteiger partial charge in [-0.2, -0.15) is 0 Å². The number of carbonyl (C=O) groups excluding carboxylic acids is 1. The van der Waals surface area contributed by atoms with Crippen molar-refractivity contribution >= 4 is 11.9 Å². The molecule has 1 aliphatic rings. The molecule has 1 rings (SSSR count). The van der Waals surface area contributed by atoms with Gasteiger partial charge in [0.15, 0.2) is 0 Å². The molecule has 0 aromatic rings. The molecule has 0 spiro atoms. The first-order valence-electron chi connectivity index (χ1n) is 6.78. The van der Waals surface area contributed by atoms with Crippen molar-refractivity contribution < 1.29 is 14.7 Å². The number of hydrogen-bond acceptors (Lipinski definition) is 3. The van der Waals surface area contributed by atoms with Gasteiger partial charge in [-0.15, -0.1) is 0 Å². The number of rotatable bonds is 6. The highest BCUT2D eigenvalue weighted by Crippen LogP contribution is 2.18.